The quantitative estimate of drug-likeness (QED) is 0.777. The number of hydrogen-bond acceptors (Lipinski definition) is 3. The van der Waals surface area contributed by atoms with Crippen LogP contribution in [0.4, 0.5) is 0 Å². The molecular weight excluding hydrogens is 292 g/mol. The van der Waals surface area contributed by atoms with E-state index in [1.165, 1.54) is 0 Å². The van der Waals surface area contributed by atoms with Crippen molar-refractivity contribution < 1.29 is 14.3 Å². The fourth-order valence-corrected chi connectivity index (χ4v) is 3.15. The van der Waals surface area contributed by atoms with Gasteiger partial charge in [0.1, 0.15) is 5.41 Å². The molecule has 5 nitrogen and oxygen atoms in total. The second kappa shape index (κ2) is 6.71. The van der Waals surface area contributed by atoms with Crippen LogP contribution in [0.3, 0.4) is 0 Å². The topological polar surface area (TPSA) is 49.9 Å². The number of rotatable bonds is 5. The molecule has 0 radical (unpaired) electrons. The molecule has 1 aliphatic carbocycles. The molecule has 3 rings (SSSR count). The molecule has 0 unspecified atom stereocenters. The zero-order valence-electron chi connectivity index (χ0n) is 13.7. The van der Waals surface area contributed by atoms with Crippen LogP contribution in [0.15, 0.2) is 30.3 Å². The van der Waals surface area contributed by atoms with Gasteiger partial charge in [-0.1, -0.05) is 30.3 Å². The van der Waals surface area contributed by atoms with Gasteiger partial charge in [0, 0.05) is 26.2 Å². The van der Waals surface area contributed by atoms with Crippen LogP contribution in [0.1, 0.15) is 25.3 Å². The molecule has 1 aromatic carbocycles. The van der Waals surface area contributed by atoms with E-state index in [4.69, 9.17) is 4.74 Å². The second-order valence-corrected chi connectivity index (χ2v) is 6.29. The monoisotopic (exact) mass is 316 g/mol. The van der Waals surface area contributed by atoms with Crippen molar-refractivity contribution in [3.8, 4) is 0 Å². The number of carbonyl (C=O) groups excluding carboxylic acids is 2. The van der Waals surface area contributed by atoms with Crippen LogP contribution < -0.4 is 0 Å². The molecule has 1 aliphatic heterocycles. The molecule has 0 aromatic heterocycles. The Labute approximate surface area is 137 Å². The van der Waals surface area contributed by atoms with Crippen LogP contribution in [0.5, 0.6) is 0 Å². The van der Waals surface area contributed by atoms with Crippen molar-refractivity contribution in [1.29, 1.82) is 0 Å². The van der Waals surface area contributed by atoms with Gasteiger partial charge in [0.05, 0.1) is 13.2 Å². The van der Waals surface area contributed by atoms with Crippen molar-refractivity contribution in [2.24, 2.45) is 5.41 Å². The predicted molar refractivity (Wildman–Crippen MR) is 86.6 cm³/mol. The van der Waals surface area contributed by atoms with Crippen molar-refractivity contribution in [2.45, 2.75) is 26.3 Å². The highest BCUT2D eigenvalue weighted by Gasteiger charge is 2.59. The van der Waals surface area contributed by atoms with Crippen LogP contribution in [-0.4, -0.2) is 54.5 Å². The smallest absolute Gasteiger partial charge is 0.238 e. The molecule has 0 spiro atoms. The van der Waals surface area contributed by atoms with Crippen LogP contribution in [0.25, 0.3) is 0 Å². The van der Waals surface area contributed by atoms with Gasteiger partial charge in [-0.25, -0.2) is 0 Å². The largest absolute Gasteiger partial charge is 0.378 e. The summed E-state index contributed by atoms with van der Waals surface area (Å²) < 4.78 is 5.30. The third-order valence-electron chi connectivity index (χ3n) is 4.75. The Hall–Kier alpha value is -1.88. The van der Waals surface area contributed by atoms with E-state index in [2.05, 4.69) is 0 Å². The Morgan fingerprint density at radius 2 is 1.83 bits per heavy atom. The highest BCUT2D eigenvalue weighted by Crippen LogP contribution is 2.49. The summed E-state index contributed by atoms with van der Waals surface area (Å²) in [7, 11) is 0. The number of morpholine rings is 1. The Bertz CT molecular complexity index is 563. The Kier molecular flexibility index (Phi) is 4.66. The summed E-state index contributed by atoms with van der Waals surface area (Å²) in [6.07, 6.45) is 1.35. The van der Waals surface area contributed by atoms with Gasteiger partial charge in [-0.05, 0) is 25.3 Å². The summed E-state index contributed by atoms with van der Waals surface area (Å²) in [4.78, 5) is 29.4. The molecule has 2 fully saturated rings. The van der Waals surface area contributed by atoms with Gasteiger partial charge < -0.3 is 14.5 Å². The van der Waals surface area contributed by atoms with Gasteiger partial charge in [0.15, 0.2) is 0 Å². The first kappa shape index (κ1) is 16.0. The molecule has 0 N–H and O–H groups in total. The first-order valence-electron chi connectivity index (χ1n) is 8.38. The minimum atomic E-state index is -0.803. The van der Waals surface area contributed by atoms with Gasteiger partial charge >= 0.3 is 0 Å². The molecule has 124 valence electrons. The SMILES string of the molecule is CCN(Cc1ccccc1)C(=O)C1(C(=O)N2CCOCC2)CC1. The van der Waals surface area contributed by atoms with Gasteiger partial charge in [0.25, 0.3) is 0 Å². The number of nitrogens with zero attached hydrogens (tertiary/aromatic N) is 2. The van der Waals surface area contributed by atoms with Crippen molar-refractivity contribution in [2.75, 3.05) is 32.8 Å². The van der Waals surface area contributed by atoms with Gasteiger partial charge in [-0.2, -0.15) is 0 Å². The molecule has 1 saturated heterocycles. The van der Waals surface area contributed by atoms with Gasteiger partial charge in [0.2, 0.25) is 11.8 Å². The third kappa shape index (κ3) is 3.24. The molecule has 2 aliphatic rings. The third-order valence-corrected chi connectivity index (χ3v) is 4.75. The normalized spacial score (nSPS) is 19.3. The van der Waals surface area contributed by atoms with Crippen LogP contribution >= 0.6 is 0 Å². The summed E-state index contributed by atoms with van der Waals surface area (Å²) in [5.74, 6) is -0.0161. The second-order valence-electron chi connectivity index (χ2n) is 6.29. The zero-order chi connectivity index (χ0) is 16.3. The summed E-state index contributed by atoms with van der Waals surface area (Å²) in [5, 5.41) is 0. The predicted octanol–water partition coefficient (Wildman–Crippen LogP) is 1.67. The first-order chi connectivity index (χ1) is 11.2. The Balaban J connectivity index is 1.70. The number of amides is 2. The van der Waals surface area contributed by atoms with Crippen molar-refractivity contribution in [1.82, 2.24) is 9.80 Å². The molecule has 0 atom stereocenters. The highest BCUT2D eigenvalue weighted by atomic mass is 16.5. The van der Waals surface area contributed by atoms with Gasteiger partial charge in [-0.15, -0.1) is 0 Å². The molecule has 1 saturated carbocycles. The molecule has 1 heterocycles. The first-order valence-corrected chi connectivity index (χ1v) is 8.38. The maximum absolute atomic E-state index is 13.0. The van der Waals surface area contributed by atoms with Crippen LogP contribution in [-0.2, 0) is 20.9 Å². The van der Waals surface area contributed by atoms with E-state index in [0.29, 0.717) is 52.2 Å². The lowest BCUT2D eigenvalue weighted by Gasteiger charge is -2.32. The van der Waals surface area contributed by atoms with E-state index in [-0.39, 0.29) is 11.8 Å². The summed E-state index contributed by atoms with van der Waals surface area (Å²) in [5.41, 5.74) is 0.291. The average molecular weight is 316 g/mol. The maximum Gasteiger partial charge on any atom is 0.238 e. The fraction of sp³-hybridized carbons (Fsp3) is 0.556. The van der Waals surface area contributed by atoms with E-state index < -0.39 is 5.41 Å². The van der Waals surface area contributed by atoms with E-state index >= 15 is 0 Å². The van der Waals surface area contributed by atoms with Crippen LogP contribution in [0, 0.1) is 5.41 Å². The number of carbonyl (C=O) groups is 2. The van der Waals surface area contributed by atoms with Crippen molar-refractivity contribution >= 4 is 11.8 Å². The van der Waals surface area contributed by atoms with E-state index in [0.717, 1.165) is 5.56 Å². The Morgan fingerprint density at radius 3 is 2.39 bits per heavy atom. The summed E-state index contributed by atoms with van der Waals surface area (Å²) >= 11 is 0. The molecule has 1 aromatic rings. The number of benzene rings is 1. The number of ether oxygens (including phenoxy) is 1. The molecule has 23 heavy (non-hydrogen) atoms. The molecular formula is C18H24N2O3. The minimum absolute atomic E-state index is 0.00249. The highest BCUT2D eigenvalue weighted by molar-refractivity contribution is 6.07. The lowest BCUT2D eigenvalue weighted by Crippen LogP contribution is -2.50. The molecule has 5 heteroatoms. The average Bonchev–Trinajstić information content (AvgIpc) is 3.42. The fourth-order valence-electron chi connectivity index (χ4n) is 3.15. The molecule has 0 bridgehead atoms. The minimum Gasteiger partial charge on any atom is -0.378 e. The van der Waals surface area contributed by atoms with E-state index in [9.17, 15) is 9.59 Å². The standard InChI is InChI=1S/C18H24N2O3/c1-2-19(14-15-6-4-3-5-7-15)16(21)18(8-9-18)17(22)20-10-12-23-13-11-20/h3-7H,2,8-14H2,1H3. The van der Waals surface area contributed by atoms with Crippen molar-refractivity contribution in [3.05, 3.63) is 35.9 Å². The number of hydrogen-bond donors (Lipinski definition) is 0. The summed E-state index contributed by atoms with van der Waals surface area (Å²) in [6.45, 7) is 5.47. The maximum atomic E-state index is 13.0. The van der Waals surface area contributed by atoms with Gasteiger partial charge in [-0.3, -0.25) is 9.59 Å². The summed E-state index contributed by atoms with van der Waals surface area (Å²) in [6, 6.07) is 9.93. The van der Waals surface area contributed by atoms with Crippen molar-refractivity contribution in [3.63, 3.8) is 0 Å². The van der Waals surface area contributed by atoms with E-state index in [1.807, 2.05) is 37.3 Å². The zero-order valence-corrected chi connectivity index (χ0v) is 13.7. The lowest BCUT2D eigenvalue weighted by atomic mass is 10.0. The molecule has 2 amide bonds. The van der Waals surface area contributed by atoms with Crippen LogP contribution in [0.2, 0.25) is 0 Å². The lowest BCUT2D eigenvalue weighted by molar-refractivity contribution is -0.152. The Morgan fingerprint density at radius 1 is 1.17 bits per heavy atom. The van der Waals surface area contributed by atoms with E-state index in [1.54, 1.807) is 9.80 Å².